The van der Waals surface area contributed by atoms with E-state index in [-0.39, 0.29) is 28.6 Å². The maximum absolute atomic E-state index is 10.5. The first kappa shape index (κ1) is 24.6. The molecule has 5 rings (SSSR count). The van der Waals surface area contributed by atoms with E-state index in [1.807, 2.05) is 0 Å². The third-order valence-corrected chi connectivity index (χ3v) is 7.51. The van der Waals surface area contributed by atoms with Crippen LogP contribution in [0.2, 0.25) is 0 Å². The van der Waals surface area contributed by atoms with Gasteiger partial charge in [-0.2, -0.15) is 0 Å². The zero-order valence-corrected chi connectivity index (χ0v) is 21.0. The highest BCUT2D eigenvalue weighted by molar-refractivity contribution is 8.93. The molecule has 1 amide bonds. The number of hydrogen-bond donors (Lipinski definition) is 2. The Kier molecular flexibility index (Phi) is 7.88. The van der Waals surface area contributed by atoms with Crippen molar-refractivity contribution in [2.45, 2.75) is 56.9 Å². The lowest BCUT2D eigenvalue weighted by atomic mass is 9.52. The van der Waals surface area contributed by atoms with Crippen molar-refractivity contribution < 1.29 is 14.6 Å². The molecule has 0 aromatic heterocycles. The Labute approximate surface area is 201 Å². The Bertz CT molecular complexity index is 933. The SMILES string of the molecule is Br.CC(=O)Nc1ccc(O)cc1.COc1ccc2c(c1)[C@]13CCCC[C@@H]1[C@H](C2)N(C)CC3. The summed E-state index contributed by atoms with van der Waals surface area (Å²) in [6.07, 6.45) is 8.22. The topological polar surface area (TPSA) is 61.8 Å². The number of carbonyl (C=O) groups excluding carboxylic acids is 1. The summed E-state index contributed by atoms with van der Waals surface area (Å²) in [4.78, 5) is 13.2. The molecule has 174 valence electrons. The molecular weight excluding hydrogens is 468 g/mol. The summed E-state index contributed by atoms with van der Waals surface area (Å²) in [6.45, 7) is 2.70. The second-order valence-electron chi connectivity index (χ2n) is 9.26. The van der Waals surface area contributed by atoms with Crippen LogP contribution in [-0.2, 0) is 16.6 Å². The fourth-order valence-electron chi connectivity index (χ4n) is 6.05. The van der Waals surface area contributed by atoms with Crippen LogP contribution in [0, 0.1) is 5.92 Å². The smallest absolute Gasteiger partial charge is 0.221 e. The summed E-state index contributed by atoms with van der Waals surface area (Å²) in [7, 11) is 4.12. The number of phenols is 1. The lowest BCUT2D eigenvalue weighted by Gasteiger charge is -2.58. The lowest BCUT2D eigenvalue weighted by molar-refractivity contribution is -0.114. The number of carbonyl (C=O) groups is 1. The van der Waals surface area contributed by atoms with Gasteiger partial charge in [0.1, 0.15) is 11.5 Å². The summed E-state index contributed by atoms with van der Waals surface area (Å²) in [5.74, 6) is 1.99. The second kappa shape index (κ2) is 10.3. The average Bonchev–Trinajstić information content (AvgIpc) is 2.78. The Morgan fingerprint density at radius 3 is 2.59 bits per heavy atom. The Hall–Kier alpha value is -2.05. The fourth-order valence-corrected chi connectivity index (χ4v) is 6.05. The van der Waals surface area contributed by atoms with E-state index in [2.05, 4.69) is 35.5 Å². The van der Waals surface area contributed by atoms with Crippen molar-refractivity contribution in [3.63, 3.8) is 0 Å². The molecule has 2 fully saturated rings. The lowest BCUT2D eigenvalue weighted by Crippen LogP contribution is -2.59. The number of nitrogens with one attached hydrogen (secondary N) is 1. The molecule has 6 heteroatoms. The van der Waals surface area contributed by atoms with Crippen LogP contribution in [0.4, 0.5) is 5.69 Å². The fraction of sp³-hybridized carbons (Fsp3) is 0.500. The largest absolute Gasteiger partial charge is 0.508 e. The van der Waals surface area contributed by atoms with Gasteiger partial charge >= 0.3 is 0 Å². The highest BCUT2D eigenvalue weighted by atomic mass is 79.9. The van der Waals surface area contributed by atoms with Crippen molar-refractivity contribution in [1.29, 1.82) is 0 Å². The van der Waals surface area contributed by atoms with Crippen LogP contribution in [0.3, 0.4) is 0 Å². The van der Waals surface area contributed by atoms with Gasteiger partial charge in [-0.15, -0.1) is 17.0 Å². The number of piperidine rings is 1. The molecule has 3 atom stereocenters. The second-order valence-corrected chi connectivity index (χ2v) is 9.26. The van der Waals surface area contributed by atoms with E-state index in [4.69, 9.17) is 9.84 Å². The molecule has 2 N–H and O–H groups in total. The number of likely N-dealkylation sites (N-methyl/N-ethyl adjacent to an activating group) is 1. The van der Waals surface area contributed by atoms with Gasteiger partial charge in [-0.3, -0.25) is 4.79 Å². The molecule has 0 spiro atoms. The number of aromatic hydroxyl groups is 1. The van der Waals surface area contributed by atoms with Crippen LogP contribution in [-0.4, -0.2) is 42.7 Å². The van der Waals surface area contributed by atoms with Crippen LogP contribution < -0.4 is 10.1 Å². The van der Waals surface area contributed by atoms with E-state index < -0.39 is 0 Å². The number of benzene rings is 2. The molecule has 5 nitrogen and oxygen atoms in total. The van der Waals surface area contributed by atoms with Crippen molar-refractivity contribution in [3.05, 3.63) is 53.6 Å². The molecule has 1 saturated carbocycles. The van der Waals surface area contributed by atoms with E-state index in [9.17, 15) is 4.79 Å². The minimum atomic E-state index is -0.115. The molecule has 2 bridgehead atoms. The molecule has 1 aliphatic heterocycles. The molecule has 0 unspecified atom stereocenters. The summed E-state index contributed by atoms with van der Waals surface area (Å²) in [5.41, 5.74) is 4.36. The van der Waals surface area contributed by atoms with Gasteiger partial charge in [-0.1, -0.05) is 18.9 Å². The minimum absolute atomic E-state index is 0. The first-order valence-corrected chi connectivity index (χ1v) is 11.4. The molecule has 32 heavy (non-hydrogen) atoms. The van der Waals surface area contributed by atoms with Crippen LogP contribution in [0.5, 0.6) is 11.5 Å². The molecule has 2 aliphatic carbocycles. The number of rotatable bonds is 2. The number of hydrogen-bond acceptors (Lipinski definition) is 4. The number of methoxy groups -OCH3 is 1. The number of ether oxygens (including phenoxy) is 1. The van der Waals surface area contributed by atoms with Crippen LogP contribution >= 0.6 is 17.0 Å². The zero-order chi connectivity index (χ0) is 22.0. The molecule has 0 radical (unpaired) electrons. The van der Waals surface area contributed by atoms with E-state index in [0.717, 1.165) is 17.7 Å². The van der Waals surface area contributed by atoms with Crippen molar-refractivity contribution in [3.8, 4) is 11.5 Å². The summed E-state index contributed by atoms with van der Waals surface area (Å²) in [5, 5.41) is 11.5. The maximum atomic E-state index is 10.5. The average molecular weight is 503 g/mol. The van der Waals surface area contributed by atoms with Crippen LogP contribution in [0.25, 0.3) is 0 Å². The van der Waals surface area contributed by atoms with Crippen LogP contribution in [0.15, 0.2) is 42.5 Å². The molecule has 1 saturated heterocycles. The Morgan fingerprint density at radius 2 is 1.91 bits per heavy atom. The standard InChI is InChI=1S/C18H25NO.C8H9NO2.BrH/c1-19-10-9-18-8-4-3-5-15(18)17(19)11-13-6-7-14(20-2)12-16(13)18;1-6(10)9-7-2-4-8(11)5-3-7;/h6-7,12,15,17H,3-5,8-11H2,1-2H3;2-5,11H,1H3,(H,9,10);1H/t15-,17+,18+;;/m1../s1. The number of anilines is 1. The van der Waals surface area contributed by atoms with Crippen molar-refractivity contribution >= 4 is 28.6 Å². The highest BCUT2D eigenvalue weighted by Gasteiger charge is 2.53. The zero-order valence-electron chi connectivity index (χ0n) is 19.3. The summed E-state index contributed by atoms with van der Waals surface area (Å²) >= 11 is 0. The predicted octanol–water partition coefficient (Wildman–Crippen LogP) is 5.31. The van der Waals surface area contributed by atoms with E-state index in [1.54, 1.807) is 30.4 Å². The van der Waals surface area contributed by atoms with Crippen molar-refractivity contribution in [1.82, 2.24) is 4.90 Å². The van der Waals surface area contributed by atoms with E-state index in [0.29, 0.717) is 11.1 Å². The van der Waals surface area contributed by atoms with Gasteiger partial charge in [-0.25, -0.2) is 0 Å². The number of nitrogens with zero attached hydrogens (tertiary/aromatic N) is 1. The minimum Gasteiger partial charge on any atom is -0.508 e. The number of fused-ring (bicyclic) bond motifs is 1. The Morgan fingerprint density at radius 1 is 1.16 bits per heavy atom. The summed E-state index contributed by atoms with van der Waals surface area (Å²) in [6, 6.07) is 13.9. The number of amides is 1. The van der Waals surface area contributed by atoms with Gasteiger partial charge < -0.3 is 20.1 Å². The van der Waals surface area contributed by atoms with Gasteiger partial charge in [0.25, 0.3) is 0 Å². The molecular formula is C26H35BrN2O3. The van der Waals surface area contributed by atoms with E-state index in [1.165, 1.54) is 64.1 Å². The quantitative estimate of drug-likeness (QED) is 0.546. The monoisotopic (exact) mass is 502 g/mol. The predicted molar refractivity (Wildman–Crippen MR) is 134 cm³/mol. The maximum Gasteiger partial charge on any atom is 0.221 e. The van der Waals surface area contributed by atoms with Gasteiger partial charge in [-0.05, 0) is 92.7 Å². The molecule has 2 aromatic rings. The first-order chi connectivity index (χ1) is 14.9. The Balaban J connectivity index is 0.000000207. The van der Waals surface area contributed by atoms with Gasteiger partial charge in [0, 0.05) is 24.1 Å². The molecule has 3 aliphatic rings. The van der Waals surface area contributed by atoms with Crippen molar-refractivity contribution in [2.75, 3.05) is 26.0 Å². The van der Waals surface area contributed by atoms with Gasteiger partial charge in [0.05, 0.1) is 7.11 Å². The normalized spacial score (nSPS) is 25.7. The highest BCUT2D eigenvalue weighted by Crippen LogP contribution is 2.55. The van der Waals surface area contributed by atoms with E-state index >= 15 is 0 Å². The number of phenolic OH excluding ortho intramolecular Hbond substituents is 1. The van der Waals surface area contributed by atoms with Crippen LogP contribution in [0.1, 0.15) is 50.2 Å². The molecule has 1 heterocycles. The van der Waals surface area contributed by atoms with Gasteiger partial charge in [0.15, 0.2) is 0 Å². The third-order valence-electron chi connectivity index (χ3n) is 7.51. The number of halogens is 1. The molecule has 2 aromatic carbocycles. The third kappa shape index (κ3) is 4.81. The van der Waals surface area contributed by atoms with Crippen molar-refractivity contribution in [2.24, 2.45) is 5.92 Å². The summed E-state index contributed by atoms with van der Waals surface area (Å²) < 4.78 is 5.51. The van der Waals surface area contributed by atoms with Gasteiger partial charge in [0.2, 0.25) is 5.91 Å². The first-order valence-electron chi connectivity index (χ1n) is 11.4. The number of likely N-dealkylation sites (tertiary alicyclic amines) is 1.